The maximum atomic E-state index is 5.29. The lowest BCUT2D eigenvalue weighted by atomic mass is 9.87. The van der Waals surface area contributed by atoms with Crippen LogP contribution in [0.25, 0.3) is 0 Å². The largest absolute Gasteiger partial charge is 0.355 e. The van der Waals surface area contributed by atoms with Crippen LogP contribution in [0.15, 0.2) is 47.4 Å². The van der Waals surface area contributed by atoms with Crippen molar-refractivity contribution >= 4 is 5.84 Å². The van der Waals surface area contributed by atoms with Gasteiger partial charge in [-0.25, -0.2) is 0 Å². The van der Waals surface area contributed by atoms with Crippen molar-refractivity contribution in [3.8, 4) is 0 Å². The standard InChI is InChI=1S/C25H36N6/c1-18-8-7-13-26-24(18)20-9-5-10-21(29(20)4)25-19(2)31-22(27-25)11-6-12-23(31)30-16-14-28(3)15-17-30/h6-8,11-13,19-21,25H,5,9-10,14-17H2,1-4H3/t19?,20-,21+,25?/m1/s1. The maximum absolute atomic E-state index is 5.29. The van der Waals surface area contributed by atoms with Crippen LogP contribution >= 0.6 is 0 Å². The van der Waals surface area contributed by atoms with Crippen LogP contribution in [-0.2, 0) is 0 Å². The molecule has 1 aromatic rings. The highest BCUT2D eigenvalue weighted by Gasteiger charge is 2.44. The van der Waals surface area contributed by atoms with E-state index in [1.165, 1.54) is 36.3 Å². The number of aryl methyl sites for hydroxylation is 1. The Morgan fingerprint density at radius 3 is 2.65 bits per heavy atom. The van der Waals surface area contributed by atoms with Crippen molar-refractivity contribution in [1.82, 2.24) is 24.6 Å². The summed E-state index contributed by atoms with van der Waals surface area (Å²) in [5, 5.41) is 0. The van der Waals surface area contributed by atoms with E-state index >= 15 is 0 Å². The Morgan fingerprint density at radius 2 is 1.87 bits per heavy atom. The molecule has 31 heavy (non-hydrogen) atoms. The number of amidine groups is 1. The molecule has 4 aliphatic rings. The van der Waals surface area contributed by atoms with E-state index in [1.807, 2.05) is 12.3 Å². The summed E-state index contributed by atoms with van der Waals surface area (Å²) in [5.74, 6) is 2.47. The maximum Gasteiger partial charge on any atom is 0.129 e. The molecule has 0 bridgehead atoms. The van der Waals surface area contributed by atoms with Gasteiger partial charge in [0.15, 0.2) is 0 Å². The molecule has 5 heterocycles. The van der Waals surface area contributed by atoms with Gasteiger partial charge in [0.1, 0.15) is 11.7 Å². The fraction of sp³-hybridized carbons (Fsp3) is 0.600. The first-order chi connectivity index (χ1) is 15.0. The van der Waals surface area contributed by atoms with Crippen LogP contribution in [0.5, 0.6) is 0 Å². The third-order valence-corrected chi connectivity index (χ3v) is 7.75. The summed E-state index contributed by atoms with van der Waals surface area (Å²) in [5.41, 5.74) is 2.54. The summed E-state index contributed by atoms with van der Waals surface area (Å²) in [4.78, 5) is 20.1. The molecule has 4 aliphatic heterocycles. The van der Waals surface area contributed by atoms with Crippen molar-refractivity contribution < 1.29 is 0 Å². The fourth-order valence-corrected chi connectivity index (χ4v) is 5.88. The van der Waals surface area contributed by atoms with Gasteiger partial charge in [0.2, 0.25) is 0 Å². The minimum Gasteiger partial charge on any atom is -0.355 e. The monoisotopic (exact) mass is 420 g/mol. The van der Waals surface area contributed by atoms with E-state index < -0.39 is 0 Å². The molecule has 6 heteroatoms. The number of allylic oxidation sites excluding steroid dienone is 2. The fourth-order valence-electron chi connectivity index (χ4n) is 5.88. The quantitative estimate of drug-likeness (QED) is 0.752. The smallest absolute Gasteiger partial charge is 0.129 e. The Hall–Kier alpha value is -2.18. The molecule has 0 amide bonds. The zero-order chi connectivity index (χ0) is 21.5. The first kappa shape index (κ1) is 20.7. The van der Waals surface area contributed by atoms with Crippen molar-refractivity contribution in [2.45, 2.75) is 57.3 Å². The predicted octanol–water partition coefficient (Wildman–Crippen LogP) is 3.05. The lowest BCUT2D eigenvalue weighted by molar-refractivity contribution is 0.0784. The highest BCUT2D eigenvalue weighted by Crippen LogP contribution is 2.39. The summed E-state index contributed by atoms with van der Waals surface area (Å²) in [6.45, 7) is 8.97. The highest BCUT2D eigenvalue weighted by atomic mass is 15.4. The van der Waals surface area contributed by atoms with Crippen LogP contribution < -0.4 is 0 Å². The number of nitrogens with zero attached hydrogens (tertiary/aromatic N) is 6. The number of aromatic nitrogens is 1. The summed E-state index contributed by atoms with van der Waals surface area (Å²) in [6, 6.07) is 5.70. The normalized spacial score (nSPS) is 32.1. The highest BCUT2D eigenvalue weighted by molar-refractivity contribution is 5.97. The van der Waals surface area contributed by atoms with Gasteiger partial charge in [-0.2, -0.15) is 0 Å². The van der Waals surface area contributed by atoms with E-state index in [9.17, 15) is 0 Å². The van der Waals surface area contributed by atoms with Gasteiger partial charge in [0.05, 0.1) is 23.8 Å². The van der Waals surface area contributed by atoms with E-state index in [1.54, 1.807) is 0 Å². The lowest BCUT2D eigenvalue weighted by Gasteiger charge is -2.45. The molecule has 2 fully saturated rings. The second kappa shape index (κ2) is 8.40. The van der Waals surface area contributed by atoms with Crippen molar-refractivity contribution in [2.24, 2.45) is 4.99 Å². The molecule has 0 spiro atoms. The molecule has 0 N–H and O–H groups in total. The number of likely N-dealkylation sites (tertiary alicyclic amines) is 1. The second-order valence-electron chi connectivity index (χ2n) is 9.65. The first-order valence-corrected chi connectivity index (χ1v) is 11.9. The van der Waals surface area contributed by atoms with Gasteiger partial charge >= 0.3 is 0 Å². The van der Waals surface area contributed by atoms with Crippen LogP contribution in [0.2, 0.25) is 0 Å². The molecule has 0 aromatic carbocycles. The summed E-state index contributed by atoms with van der Waals surface area (Å²) < 4.78 is 0. The minimum absolute atomic E-state index is 0.283. The van der Waals surface area contributed by atoms with E-state index in [2.05, 4.69) is 71.8 Å². The van der Waals surface area contributed by atoms with Crippen molar-refractivity contribution in [1.29, 1.82) is 0 Å². The summed E-state index contributed by atoms with van der Waals surface area (Å²) in [6.07, 6.45) is 12.2. The van der Waals surface area contributed by atoms with Gasteiger partial charge < -0.3 is 14.7 Å². The molecular formula is C25H36N6. The topological polar surface area (TPSA) is 38.2 Å². The van der Waals surface area contributed by atoms with Gasteiger partial charge in [-0.3, -0.25) is 14.9 Å². The molecule has 6 nitrogen and oxygen atoms in total. The van der Waals surface area contributed by atoms with E-state index in [-0.39, 0.29) is 6.04 Å². The van der Waals surface area contributed by atoms with Gasteiger partial charge in [-0.15, -0.1) is 0 Å². The van der Waals surface area contributed by atoms with E-state index in [4.69, 9.17) is 9.98 Å². The molecule has 4 atom stereocenters. The zero-order valence-electron chi connectivity index (χ0n) is 19.4. The van der Waals surface area contributed by atoms with Gasteiger partial charge in [0, 0.05) is 38.4 Å². The number of pyridine rings is 1. The molecular weight excluding hydrogens is 384 g/mol. The number of hydrogen-bond donors (Lipinski definition) is 0. The summed E-state index contributed by atoms with van der Waals surface area (Å²) >= 11 is 0. The van der Waals surface area contributed by atoms with Crippen LogP contribution in [0.1, 0.15) is 43.5 Å². The first-order valence-electron chi connectivity index (χ1n) is 11.9. The van der Waals surface area contributed by atoms with Crippen molar-refractivity contribution in [3.05, 3.63) is 53.6 Å². The lowest BCUT2D eigenvalue weighted by Crippen LogP contribution is -2.53. The van der Waals surface area contributed by atoms with Crippen LogP contribution in [0.3, 0.4) is 0 Å². The van der Waals surface area contributed by atoms with Crippen molar-refractivity contribution in [3.63, 3.8) is 0 Å². The van der Waals surface area contributed by atoms with E-state index in [0.29, 0.717) is 18.1 Å². The average molecular weight is 421 g/mol. The number of piperidine rings is 1. The Bertz CT molecular complexity index is 897. The molecule has 2 saturated heterocycles. The van der Waals surface area contributed by atoms with Crippen LogP contribution in [-0.4, -0.2) is 88.8 Å². The SMILES string of the molecule is Cc1cccnc1[C@H]1CCC[C@@H](C2N=C3C=CC=C(N4CCN(C)CC4)N3C2C)N1C. The van der Waals surface area contributed by atoms with Crippen LogP contribution in [0, 0.1) is 6.92 Å². The molecule has 0 radical (unpaired) electrons. The van der Waals surface area contributed by atoms with E-state index in [0.717, 1.165) is 32.0 Å². The minimum atomic E-state index is 0.283. The molecule has 2 unspecified atom stereocenters. The van der Waals surface area contributed by atoms with Gasteiger partial charge in [0.25, 0.3) is 0 Å². The summed E-state index contributed by atoms with van der Waals surface area (Å²) in [7, 11) is 4.51. The number of piperazine rings is 1. The van der Waals surface area contributed by atoms with Gasteiger partial charge in [-0.05, 0) is 71.0 Å². The molecule has 5 rings (SSSR count). The second-order valence-corrected chi connectivity index (χ2v) is 9.65. The molecule has 0 saturated carbocycles. The predicted molar refractivity (Wildman–Crippen MR) is 126 cm³/mol. The number of fused-ring (bicyclic) bond motifs is 1. The molecule has 1 aromatic heterocycles. The molecule has 0 aliphatic carbocycles. The molecule has 166 valence electrons. The Balaban J connectivity index is 1.37. The Morgan fingerprint density at radius 1 is 1.06 bits per heavy atom. The Kier molecular flexibility index (Phi) is 5.61. The number of aliphatic imine (C=N–C) groups is 1. The number of rotatable bonds is 3. The third-order valence-electron chi connectivity index (χ3n) is 7.75. The van der Waals surface area contributed by atoms with Crippen molar-refractivity contribution in [2.75, 3.05) is 40.3 Å². The number of hydrogen-bond acceptors (Lipinski definition) is 6. The average Bonchev–Trinajstić information content (AvgIpc) is 3.12. The third kappa shape index (κ3) is 3.70. The Labute approximate surface area is 186 Å². The number of likely N-dealkylation sites (N-methyl/N-ethyl adjacent to an activating group) is 2. The zero-order valence-corrected chi connectivity index (χ0v) is 19.4. The van der Waals surface area contributed by atoms with Gasteiger partial charge in [-0.1, -0.05) is 12.1 Å². The van der Waals surface area contributed by atoms with Crippen LogP contribution in [0.4, 0.5) is 0 Å².